The molecular weight excluding hydrogens is 369 g/mol. The van der Waals surface area contributed by atoms with Crippen LogP contribution in [-0.4, -0.2) is 17.0 Å². The number of nitrogens with one attached hydrogen (secondary N) is 2. The van der Waals surface area contributed by atoms with Crippen molar-refractivity contribution in [1.29, 1.82) is 0 Å². The molecule has 7 heteroatoms. The van der Waals surface area contributed by atoms with Gasteiger partial charge in [-0.1, -0.05) is 41.9 Å². The van der Waals surface area contributed by atoms with Crippen molar-refractivity contribution in [2.24, 2.45) is 5.73 Å². The molecule has 2 unspecified atom stereocenters. The number of hydrogen-bond donors (Lipinski definition) is 3. The number of nitrogens with two attached hydrogens (primary N) is 1. The Morgan fingerprint density at radius 1 is 1.17 bits per heavy atom. The first kappa shape index (κ1) is 18.6. The average molecular weight is 385 g/mol. The zero-order valence-corrected chi connectivity index (χ0v) is 14.9. The summed E-state index contributed by atoms with van der Waals surface area (Å²) in [6.07, 6.45) is 0.532. The first-order valence-electron chi connectivity index (χ1n) is 7.21. The van der Waals surface area contributed by atoms with E-state index in [0.717, 1.165) is 16.8 Å². The molecule has 1 amide bonds. The Kier molecular flexibility index (Phi) is 6.10. The second kappa shape index (κ2) is 7.88. The Hall–Kier alpha value is -1.75. The molecule has 4 N–H and O–H groups in total. The largest absolute Gasteiger partial charge is 1.00 e. The molecule has 0 spiro atoms. The second-order valence-corrected chi connectivity index (χ2v) is 6.33. The topological polar surface area (TPSA) is 69.1 Å². The molecule has 2 aromatic carbocycles. The normalized spacial score (nSPS) is 19.2. The van der Waals surface area contributed by atoms with Gasteiger partial charge in [-0.3, -0.25) is 4.79 Å². The molecule has 24 heavy (non-hydrogen) atoms. The lowest BCUT2D eigenvalue weighted by Crippen LogP contribution is -3.00. The maximum atomic E-state index is 11.5. The van der Waals surface area contributed by atoms with Crippen molar-refractivity contribution in [1.82, 2.24) is 5.43 Å². The smallest absolute Gasteiger partial charge is 0.248 e. The van der Waals surface area contributed by atoms with E-state index in [1.165, 1.54) is 0 Å². The molecule has 0 saturated heterocycles. The van der Waals surface area contributed by atoms with Crippen molar-refractivity contribution < 1.29 is 22.3 Å². The van der Waals surface area contributed by atoms with E-state index >= 15 is 0 Å². The Balaban J connectivity index is 0.00000208. The van der Waals surface area contributed by atoms with Gasteiger partial charge in [-0.05, 0) is 29.3 Å². The third-order valence-corrected chi connectivity index (χ3v) is 4.67. The van der Waals surface area contributed by atoms with Gasteiger partial charge in [0.25, 0.3) is 0 Å². The fourth-order valence-electron chi connectivity index (χ4n) is 2.70. The molecule has 0 aliphatic carbocycles. The number of benzene rings is 2. The highest BCUT2D eigenvalue weighted by Gasteiger charge is 2.37. The van der Waals surface area contributed by atoms with Gasteiger partial charge in [0.05, 0.1) is 6.42 Å². The Morgan fingerprint density at radius 3 is 2.50 bits per heavy atom. The Labute approximate surface area is 156 Å². The number of hydrazone groups is 1. The van der Waals surface area contributed by atoms with E-state index in [0.29, 0.717) is 17.0 Å². The van der Waals surface area contributed by atoms with Gasteiger partial charge in [0.1, 0.15) is 11.4 Å². The van der Waals surface area contributed by atoms with E-state index in [1.807, 2.05) is 36.4 Å². The predicted octanol–water partition coefficient (Wildman–Crippen LogP) is -1.63. The van der Waals surface area contributed by atoms with E-state index in [4.69, 9.17) is 28.9 Å². The lowest BCUT2D eigenvalue weighted by molar-refractivity contribution is -0.523. The van der Waals surface area contributed by atoms with Crippen LogP contribution in [0.15, 0.2) is 48.5 Å². The van der Waals surface area contributed by atoms with Gasteiger partial charge in [0, 0.05) is 10.6 Å². The lowest BCUT2D eigenvalue weighted by Gasteiger charge is -2.12. The molecule has 1 aliphatic rings. The first-order valence-corrected chi connectivity index (χ1v) is 8.02. The Bertz CT molecular complexity index is 762. The second-order valence-electron chi connectivity index (χ2n) is 5.42. The van der Waals surface area contributed by atoms with Crippen LogP contribution in [0.1, 0.15) is 27.5 Å². The van der Waals surface area contributed by atoms with Crippen LogP contribution in [0.25, 0.3) is 0 Å². The quantitative estimate of drug-likeness (QED) is 0.554. The number of amides is 1. The highest BCUT2D eigenvalue weighted by atomic mass is 35.5. The summed E-state index contributed by atoms with van der Waals surface area (Å²) in [5, 5.41) is 3.57. The third kappa shape index (κ3) is 3.83. The monoisotopic (exact) mass is 383 g/mol. The van der Waals surface area contributed by atoms with Crippen LogP contribution in [0.5, 0.6) is 0 Å². The molecule has 2 atom stereocenters. The molecule has 126 valence electrons. The molecule has 0 radical (unpaired) electrons. The molecule has 0 bridgehead atoms. The fraction of sp³-hybridized carbons (Fsp3) is 0.176. The SMILES string of the molecule is NC(=O)c1ccccc1CC1=[NH+]NC(c2ccc(Cl)cc2)C1Cl.[Cl-]. The van der Waals surface area contributed by atoms with Gasteiger partial charge < -0.3 is 18.1 Å². The molecule has 4 nitrogen and oxygen atoms in total. The van der Waals surface area contributed by atoms with E-state index in [1.54, 1.807) is 12.1 Å². The predicted molar refractivity (Wildman–Crippen MR) is 91.6 cm³/mol. The number of primary amides is 1. The van der Waals surface area contributed by atoms with Gasteiger partial charge in [-0.15, -0.1) is 16.7 Å². The van der Waals surface area contributed by atoms with Gasteiger partial charge in [0.15, 0.2) is 0 Å². The number of hydrogen-bond acceptors (Lipinski definition) is 2. The van der Waals surface area contributed by atoms with Crippen molar-refractivity contribution in [2.75, 3.05) is 0 Å². The number of alkyl halides is 1. The summed E-state index contributed by atoms with van der Waals surface area (Å²) in [6, 6.07) is 14.8. The Morgan fingerprint density at radius 2 is 1.83 bits per heavy atom. The molecule has 0 fully saturated rings. The van der Waals surface area contributed by atoms with Crippen LogP contribution in [0.4, 0.5) is 0 Å². The van der Waals surface area contributed by atoms with E-state index in [2.05, 4.69) is 10.5 Å². The van der Waals surface area contributed by atoms with E-state index in [9.17, 15) is 4.79 Å². The standard InChI is InChI=1S/C17H15Cl2N3O.ClH/c18-12-7-5-10(6-8-12)16-15(19)14(21-22-16)9-11-3-1-2-4-13(11)17(20)23;/h1-8,15-16,22H,9H2,(H2,20,23);1H. The van der Waals surface area contributed by atoms with Crippen molar-refractivity contribution in [3.05, 3.63) is 70.2 Å². The van der Waals surface area contributed by atoms with E-state index in [-0.39, 0.29) is 23.8 Å². The molecule has 1 heterocycles. The van der Waals surface area contributed by atoms with Crippen LogP contribution in [0.3, 0.4) is 0 Å². The highest BCUT2D eigenvalue weighted by molar-refractivity contribution is 6.32. The van der Waals surface area contributed by atoms with Crippen molar-refractivity contribution in [3.63, 3.8) is 0 Å². The fourth-order valence-corrected chi connectivity index (χ4v) is 3.16. The van der Waals surface area contributed by atoms with Crippen LogP contribution in [-0.2, 0) is 6.42 Å². The minimum atomic E-state index is -0.437. The van der Waals surface area contributed by atoms with E-state index < -0.39 is 5.91 Å². The molecule has 3 rings (SSSR count). The maximum absolute atomic E-state index is 11.5. The molecule has 1 aliphatic heterocycles. The summed E-state index contributed by atoms with van der Waals surface area (Å²) in [6.45, 7) is 0. The van der Waals surface area contributed by atoms with Gasteiger partial charge in [-0.2, -0.15) is 5.43 Å². The first-order chi connectivity index (χ1) is 11.1. The van der Waals surface area contributed by atoms with Crippen molar-refractivity contribution in [2.45, 2.75) is 17.8 Å². The highest BCUT2D eigenvalue weighted by Crippen LogP contribution is 2.25. The van der Waals surface area contributed by atoms with Gasteiger partial charge in [-0.25, -0.2) is 0 Å². The van der Waals surface area contributed by atoms with Gasteiger partial charge in [0.2, 0.25) is 11.6 Å². The minimum Gasteiger partial charge on any atom is -1.00 e. The zero-order valence-electron chi connectivity index (χ0n) is 12.6. The number of carbonyl (C=O) groups excluding carboxylic acids is 1. The average Bonchev–Trinajstić information content (AvgIpc) is 2.90. The number of hydrazine groups is 1. The number of carbonyl (C=O) groups is 1. The maximum Gasteiger partial charge on any atom is 0.248 e. The lowest BCUT2D eigenvalue weighted by atomic mass is 9.96. The van der Waals surface area contributed by atoms with Crippen molar-refractivity contribution >= 4 is 34.8 Å². The summed E-state index contributed by atoms with van der Waals surface area (Å²) in [7, 11) is 0. The van der Waals surface area contributed by atoms with Crippen LogP contribution in [0, 0.1) is 0 Å². The zero-order chi connectivity index (χ0) is 16.4. The molecular formula is C17H16Cl3N3O. The van der Waals surface area contributed by atoms with Crippen LogP contribution >= 0.6 is 23.2 Å². The molecule has 0 aromatic heterocycles. The molecule has 0 saturated carbocycles. The number of rotatable bonds is 4. The van der Waals surface area contributed by atoms with Crippen LogP contribution in [0.2, 0.25) is 5.02 Å². The number of halogens is 3. The summed E-state index contributed by atoms with van der Waals surface area (Å²) >= 11 is 12.5. The summed E-state index contributed by atoms with van der Waals surface area (Å²) in [5.41, 5.74) is 11.9. The van der Waals surface area contributed by atoms with Gasteiger partial charge >= 0.3 is 0 Å². The van der Waals surface area contributed by atoms with Crippen LogP contribution < -0.4 is 28.7 Å². The van der Waals surface area contributed by atoms with Crippen molar-refractivity contribution in [3.8, 4) is 0 Å². The third-order valence-electron chi connectivity index (χ3n) is 3.91. The summed E-state index contributed by atoms with van der Waals surface area (Å²) < 4.78 is 0. The summed E-state index contributed by atoms with van der Waals surface area (Å²) in [4.78, 5) is 11.5. The molecule has 2 aromatic rings. The summed E-state index contributed by atoms with van der Waals surface area (Å²) in [5.74, 6) is -0.437. The minimum absolute atomic E-state index is 0.